The molecule has 1 fully saturated rings. The number of rotatable bonds is 2. The molecule has 0 aromatic carbocycles. The molecule has 0 radical (unpaired) electrons. The fraction of sp³-hybridized carbons (Fsp3) is 0.267. The van der Waals surface area contributed by atoms with Crippen molar-refractivity contribution in [3.63, 3.8) is 0 Å². The number of hydrogen-bond donors (Lipinski definition) is 1. The van der Waals surface area contributed by atoms with E-state index < -0.39 is 0 Å². The molecule has 2 N–H and O–H groups in total. The zero-order valence-corrected chi connectivity index (χ0v) is 12.4. The number of nitrogens with two attached hydrogens (primary N) is 1. The van der Waals surface area contributed by atoms with Crippen molar-refractivity contribution in [1.82, 2.24) is 19.9 Å². The molecule has 2 aromatic rings. The maximum absolute atomic E-state index is 12.4. The second-order valence-electron chi connectivity index (χ2n) is 5.08. The fourth-order valence-corrected chi connectivity index (χ4v) is 2.46. The Hall–Kier alpha value is -3.21. The smallest absolute Gasteiger partial charge is 0.276 e. The monoisotopic (exact) mass is 309 g/mol. The Kier molecular flexibility index (Phi) is 4.01. The summed E-state index contributed by atoms with van der Waals surface area (Å²) in [5, 5.41) is 8.95. The van der Waals surface area contributed by atoms with Gasteiger partial charge in [-0.1, -0.05) is 0 Å². The van der Waals surface area contributed by atoms with Crippen molar-refractivity contribution in [2.24, 2.45) is 0 Å². The normalized spacial score (nSPS) is 14.4. The zero-order chi connectivity index (χ0) is 16.2. The van der Waals surface area contributed by atoms with Crippen molar-refractivity contribution in [3.8, 4) is 6.07 Å². The van der Waals surface area contributed by atoms with E-state index in [4.69, 9.17) is 11.0 Å². The van der Waals surface area contributed by atoms with E-state index in [1.54, 1.807) is 23.2 Å². The van der Waals surface area contributed by atoms with Gasteiger partial charge in [0.15, 0.2) is 11.5 Å². The van der Waals surface area contributed by atoms with E-state index in [1.807, 2.05) is 4.90 Å². The average molecular weight is 309 g/mol. The van der Waals surface area contributed by atoms with Gasteiger partial charge in [-0.15, -0.1) is 0 Å². The van der Waals surface area contributed by atoms with Crippen LogP contribution in [0.15, 0.2) is 30.7 Å². The van der Waals surface area contributed by atoms with Crippen molar-refractivity contribution in [1.29, 1.82) is 5.26 Å². The van der Waals surface area contributed by atoms with E-state index in [0.29, 0.717) is 31.7 Å². The summed E-state index contributed by atoms with van der Waals surface area (Å²) in [4.78, 5) is 28.4. The summed E-state index contributed by atoms with van der Waals surface area (Å²) in [6.07, 6.45) is 4.53. The van der Waals surface area contributed by atoms with Crippen molar-refractivity contribution in [2.45, 2.75) is 0 Å². The van der Waals surface area contributed by atoms with Gasteiger partial charge in [-0.25, -0.2) is 15.0 Å². The highest BCUT2D eigenvalue weighted by Crippen LogP contribution is 2.16. The molecule has 1 amide bonds. The summed E-state index contributed by atoms with van der Waals surface area (Å²) in [6, 6.07) is 5.52. The molecule has 0 aliphatic carbocycles. The number of piperazine rings is 1. The molecule has 8 nitrogen and oxygen atoms in total. The summed E-state index contributed by atoms with van der Waals surface area (Å²) in [7, 11) is 0. The van der Waals surface area contributed by atoms with Gasteiger partial charge in [-0.05, 0) is 12.1 Å². The molecule has 3 heterocycles. The van der Waals surface area contributed by atoms with Crippen molar-refractivity contribution in [3.05, 3.63) is 42.0 Å². The van der Waals surface area contributed by atoms with Gasteiger partial charge in [0.25, 0.3) is 5.91 Å². The molecule has 0 saturated carbocycles. The lowest BCUT2D eigenvalue weighted by Gasteiger charge is -2.35. The van der Waals surface area contributed by atoms with E-state index in [0.717, 1.165) is 5.82 Å². The van der Waals surface area contributed by atoms with Crippen LogP contribution in [-0.4, -0.2) is 51.9 Å². The minimum Gasteiger partial charge on any atom is -0.382 e. The van der Waals surface area contributed by atoms with Gasteiger partial charge in [-0.2, -0.15) is 5.26 Å². The van der Waals surface area contributed by atoms with Crippen LogP contribution in [0.1, 0.15) is 16.1 Å². The summed E-state index contributed by atoms with van der Waals surface area (Å²) in [5.41, 5.74) is 6.46. The maximum Gasteiger partial charge on any atom is 0.276 e. The molecule has 1 aliphatic rings. The highest BCUT2D eigenvalue weighted by Gasteiger charge is 2.25. The largest absolute Gasteiger partial charge is 0.382 e. The molecule has 116 valence electrons. The molecule has 1 saturated heterocycles. The summed E-state index contributed by atoms with van der Waals surface area (Å²) >= 11 is 0. The van der Waals surface area contributed by atoms with Crippen LogP contribution in [-0.2, 0) is 0 Å². The Morgan fingerprint density at radius 3 is 2.57 bits per heavy atom. The minimum atomic E-state index is -0.214. The van der Waals surface area contributed by atoms with Gasteiger partial charge in [0, 0.05) is 44.8 Å². The quantitative estimate of drug-likeness (QED) is 0.848. The topological polar surface area (TPSA) is 112 Å². The lowest BCUT2D eigenvalue weighted by molar-refractivity contribution is 0.0741. The van der Waals surface area contributed by atoms with Crippen molar-refractivity contribution < 1.29 is 4.79 Å². The summed E-state index contributed by atoms with van der Waals surface area (Å²) < 4.78 is 0. The third-order valence-electron chi connectivity index (χ3n) is 3.69. The van der Waals surface area contributed by atoms with E-state index in [1.165, 1.54) is 12.4 Å². The van der Waals surface area contributed by atoms with Crippen LogP contribution in [0.25, 0.3) is 0 Å². The molecular formula is C15H15N7O. The minimum absolute atomic E-state index is 0.142. The molecule has 23 heavy (non-hydrogen) atoms. The number of nitrogens with zero attached hydrogens (tertiary/aromatic N) is 6. The second-order valence-corrected chi connectivity index (χ2v) is 5.08. The third-order valence-corrected chi connectivity index (χ3v) is 3.69. The molecule has 0 unspecified atom stereocenters. The Labute approximate surface area is 133 Å². The van der Waals surface area contributed by atoms with Crippen molar-refractivity contribution >= 4 is 17.5 Å². The van der Waals surface area contributed by atoms with Gasteiger partial charge in [0.1, 0.15) is 5.82 Å². The first kappa shape index (κ1) is 14.7. The van der Waals surface area contributed by atoms with Crippen LogP contribution in [0.4, 0.5) is 11.6 Å². The number of aromatic nitrogens is 3. The van der Waals surface area contributed by atoms with Gasteiger partial charge >= 0.3 is 0 Å². The number of hydrogen-bond acceptors (Lipinski definition) is 7. The lowest BCUT2D eigenvalue weighted by atomic mass is 10.2. The highest BCUT2D eigenvalue weighted by atomic mass is 16.2. The van der Waals surface area contributed by atoms with Crippen LogP contribution in [0.5, 0.6) is 0 Å². The molecule has 1 aliphatic heterocycles. The molecule has 0 spiro atoms. The van der Waals surface area contributed by atoms with Crippen molar-refractivity contribution in [2.75, 3.05) is 36.8 Å². The van der Waals surface area contributed by atoms with Gasteiger partial charge in [0.05, 0.1) is 11.6 Å². The summed E-state index contributed by atoms with van der Waals surface area (Å²) in [6.45, 7) is 2.34. The summed E-state index contributed by atoms with van der Waals surface area (Å²) in [5.74, 6) is 0.674. The van der Waals surface area contributed by atoms with Gasteiger partial charge in [0.2, 0.25) is 0 Å². The molecule has 8 heteroatoms. The SMILES string of the molecule is N#Cc1ccnc(N2CCN(C(=O)c3nccnc3N)CC2)c1. The van der Waals surface area contributed by atoms with E-state index in [-0.39, 0.29) is 17.4 Å². The van der Waals surface area contributed by atoms with Gasteiger partial charge in [-0.3, -0.25) is 4.79 Å². The van der Waals surface area contributed by atoms with Crippen LogP contribution >= 0.6 is 0 Å². The third kappa shape index (κ3) is 3.03. The number of nitrogen functional groups attached to an aromatic ring is 1. The Morgan fingerprint density at radius 1 is 1.13 bits per heavy atom. The highest BCUT2D eigenvalue weighted by molar-refractivity contribution is 5.96. The first-order chi connectivity index (χ1) is 11.2. The van der Waals surface area contributed by atoms with Gasteiger partial charge < -0.3 is 15.5 Å². The Bertz CT molecular complexity index is 762. The first-order valence-corrected chi connectivity index (χ1v) is 7.16. The fourth-order valence-electron chi connectivity index (χ4n) is 2.46. The predicted molar refractivity (Wildman–Crippen MR) is 83.5 cm³/mol. The number of pyridine rings is 1. The zero-order valence-electron chi connectivity index (χ0n) is 12.4. The van der Waals surface area contributed by atoms with E-state index in [9.17, 15) is 4.79 Å². The average Bonchev–Trinajstić information content (AvgIpc) is 2.62. The number of nitriles is 1. The van der Waals surface area contributed by atoms with Crippen LogP contribution in [0, 0.1) is 11.3 Å². The van der Waals surface area contributed by atoms with E-state index >= 15 is 0 Å². The standard InChI is InChI=1S/C15H15N7O/c16-10-11-1-2-18-12(9-11)21-5-7-22(8-6-21)15(23)13-14(17)20-4-3-19-13/h1-4,9H,5-8H2,(H2,17,20). The number of carbonyl (C=O) groups excluding carboxylic acids is 1. The molecule has 3 rings (SSSR count). The lowest BCUT2D eigenvalue weighted by Crippen LogP contribution is -2.49. The molecule has 0 atom stereocenters. The number of amides is 1. The number of anilines is 2. The predicted octanol–water partition coefficient (Wildman–Crippen LogP) is 0.288. The van der Waals surface area contributed by atoms with Crippen LogP contribution in [0.2, 0.25) is 0 Å². The van der Waals surface area contributed by atoms with Crippen LogP contribution in [0.3, 0.4) is 0 Å². The van der Waals surface area contributed by atoms with E-state index in [2.05, 4.69) is 21.0 Å². The van der Waals surface area contributed by atoms with Crippen LogP contribution < -0.4 is 10.6 Å². The molecule has 2 aromatic heterocycles. The first-order valence-electron chi connectivity index (χ1n) is 7.16. The molecular weight excluding hydrogens is 294 g/mol. The maximum atomic E-state index is 12.4. The number of carbonyl (C=O) groups is 1. The molecule has 0 bridgehead atoms. The Balaban J connectivity index is 1.68. The second kappa shape index (κ2) is 6.27. The Morgan fingerprint density at radius 2 is 1.87 bits per heavy atom.